The predicted octanol–water partition coefficient (Wildman–Crippen LogP) is 5.91. The number of nitrogens with two attached hydrogens (primary N) is 1. The van der Waals surface area contributed by atoms with E-state index in [2.05, 4.69) is 6.07 Å². The predicted molar refractivity (Wildman–Crippen MR) is 162 cm³/mol. The molecule has 0 bridgehead atoms. The number of halogens is 2. The summed E-state index contributed by atoms with van der Waals surface area (Å²) in [5.74, 6) is 1.34. The lowest BCUT2D eigenvalue weighted by Crippen LogP contribution is -2.49. The van der Waals surface area contributed by atoms with Crippen molar-refractivity contribution in [2.75, 3.05) is 40.4 Å². The molecule has 3 aromatic rings. The summed E-state index contributed by atoms with van der Waals surface area (Å²) < 4.78 is 0. The zero-order valence-electron chi connectivity index (χ0n) is 22.4. The van der Waals surface area contributed by atoms with Gasteiger partial charge in [0.15, 0.2) is 0 Å². The average Bonchev–Trinajstić information content (AvgIpc) is 3.42. The van der Waals surface area contributed by atoms with E-state index in [0.717, 1.165) is 57.2 Å². The van der Waals surface area contributed by atoms with Gasteiger partial charge >= 0.3 is 0 Å². The van der Waals surface area contributed by atoms with Crippen LogP contribution in [0.5, 0.6) is 5.75 Å². The van der Waals surface area contributed by atoms with E-state index < -0.39 is 10.8 Å². The van der Waals surface area contributed by atoms with Gasteiger partial charge in [-0.05, 0) is 53.8 Å². The van der Waals surface area contributed by atoms with E-state index in [1.807, 2.05) is 46.2 Å². The Morgan fingerprint density at radius 3 is 2.15 bits per heavy atom. The van der Waals surface area contributed by atoms with E-state index in [4.69, 9.17) is 28.9 Å². The van der Waals surface area contributed by atoms with Crippen molar-refractivity contribution >= 4 is 68.9 Å². The van der Waals surface area contributed by atoms with Crippen molar-refractivity contribution in [1.82, 2.24) is 0 Å². The first-order chi connectivity index (χ1) is 19.8. The SMILES string of the molecule is Nc1cc2c(c3ccccc13)[C@H](CCl)CN2C(=O)C12CC3(C(=O)N4C[C@@H](CCl)c5c4cc(O)c4c5C=CC4)CC31C2. The Labute approximate surface area is 247 Å². The Kier molecular flexibility index (Phi) is 4.51. The van der Waals surface area contributed by atoms with E-state index in [1.54, 1.807) is 6.07 Å². The fourth-order valence-corrected chi connectivity index (χ4v) is 10.0. The molecular weight excluding hydrogens is 557 g/mol. The lowest BCUT2D eigenvalue weighted by molar-refractivity contribution is -0.134. The number of allylic oxidation sites excluding steroid dienone is 1. The van der Waals surface area contributed by atoms with Crippen LogP contribution in [0.1, 0.15) is 53.4 Å². The second kappa shape index (κ2) is 7.59. The molecule has 2 heterocycles. The molecule has 2 aliphatic heterocycles. The van der Waals surface area contributed by atoms with Gasteiger partial charge in [-0.3, -0.25) is 9.59 Å². The Balaban J connectivity index is 1.03. The Hall–Kier alpha value is -3.22. The van der Waals surface area contributed by atoms with Gasteiger partial charge in [-0.25, -0.2) is 0 Å². The average molecular weight is 587 g/mol. The van der Waals surface area contributed by atoms with Crippen molar-refractivity contribution in [2.45, 2.75) is 37.5 Å². The fraction of sp³-hybridized carbons (Fsp3) is 0.394. The van der Waals surface area contributed by atoms with Crippen LogP contribution in [0.4, 0.5) is 17.1 Å². The molecule has 8 heteroatoms. The minimum Gasteiger partial charge on any atom is -0.508 e. The molecule has 9 rings (SSSR count). The summed E-state index contributed by atoms with van der Waals surface area (Å²) in [5.41, 5.74) is 11.6. The quantitative estimate of drug-likeness (QED) is 0.294. The molecule has 3 saturated carbocycles. The number of aromatic hydroxyl groups is 1. The minimum absolute atomic E-state index is 0.0263. The molecule has 2 amide bonds. The van der Waals surface area contributed by atoms with E-state index in [1.165, 1.54) is 0 Å². The number of hydrogen-bond donors (Lipinski definition) is 2. The second-order valence-corrected chi connectivity index (χ2v) is 13.7. The Bertz CT molecular complexity index is 1800. The lowest BCUT2D eigenvalue weighted by Gasteiger charge is -2.37. The number of carbonyl (C=O) groups excluding carboxylic acids is 2. The van der Waals surface area contributed by atoms with Crippen molar-refractivity contribution in [3.05, 3.63) is 64.7 Å². The summed E-state index contributed by atoms with van der Waals surface area (Å²) in [5, 5.41) is 12.8. The number of anilines is 3. The number of nitrogen functional groups attached to an aromatic ring is 1. The van der Waals surface area contributed by atoms with Crippen LogP contribution in [-0.4, -0.2) is 41.8 Å². The van der Waals surface area contributed by atoms with Gasteiger partial charge in [0, 0.05) is 70.5 Å². The highest BCUT2D eigenvalue weighted by Gasteiger charge is 3.01. The molecule has 6 aliphatic rings. The third kappa shape index (κ3) is 2.64. The van der Waals surface area contributed by atoms with Crippen LogP contribution >= 0.6 is 23.2 Å². The lowest BCUT2D eigenvalue weighted by atomic mass is 9.72. The number of amides is 2. The van der Waals surface area contributed by atoms with Gasteiger partial charge in [-0.15, -0.1) is 23.2 Å². The normalized spacial score (nSPS) is 32.7. The number of hydrogen-bond acceptors (Lipinski definition) is 4. The molecule has 4 aliphatic carbocycles. The van der Waals surface area contributed by atoms with Gasteiger partial charge in [0.1, 0.15) is 5.75 Å². The number of phenolic OH excluding ortho intramolecular Hbond substituents is 1. The van der Waals surface area contributed by atoms with Gasteiger partial charge in [-0.2, -0.15) is 0 Å². The number of phenols is 1. The van der Waals surface area contributed by atoms with Crippen LogP contribution in [0.15, 0.2) is 42.5 Å². The molecule has 1 spiro atoms. The van der Waals surface area contributed by atoms with Crippen LogP contribution in [-0.2, 0) is 16.0 Å². The Morgan fingerprint density at radius 1 is 0.902 bits per heavy atom. The van der Waals surface area contributed by atoms with E-state index in [0.29, 0.717) is 43.4 Å². The van der Waals surface area contributed by atoms with Gasteiger partial charge in [0.2, 0.25) is 11.8 Å². The van der Waals surface area contributed by atoms with Gasteiger partial charge < -0.3 is 20.6 Å². The number of carbonyl (C=O) groups is 2. The van der Waals surface area contributed by atoms with Crippen molar-refractivity contribution in [1.29, 1.82) is 0 Å². The van der Waals surface area contributed by atoms with Gasteiger partial charge in [0.25, 0.3) is 0 Å². The molecule has 0 radical (unpaired) electrons. The number of benzene rings is 3. The standard InChI is InChI=1S/C33H29Cl2N3O3/c34-10-17-12-37(24-8-23(36)19-4-1-2-5-21(19)27(17)24)29(40)31-14-32(16-33(31,32)15-31)30(41)38-13-18(11-35)28-22-7-3-6-20(22)26(39)9-25(28)38/h1-5,7-9,17-18,39H,6,10-16,36H2/t17-,18-,31?,32?,33?/m1/s1. The first-order valence-corrected chi connectivity index (χ1v) is 15.5. The molecule has 208 valence electrons. The third-order valence-electron chi connectivity index (χ3n) is 11.5. The highest BCUT2D eigenvalue weighted by atomic mass is 35.5. The van der Waals surface area contributed by atoms with Crippen LogP contribution in [0.3, 0.4) is 0 Å². The molecular formula is C33H29Cl2N3O3. The molecule has 3 fully saturated rings. The minimum atomic E-state index is -0.498. The molecule has 6 nitrogen and oxygen atoms in total. The van der Waals surface area contributed by atoms with Gasteiger partial charge in [-0.1, -0.05) is 36.4 Å². The first-order valence-electron chi connectivity index (χ1n) is 14.4. The summed E-state index contributed by atoms with van der Waals surface area (Å²) in [4.78, 5) is 32.3. The Morgan fingerprint density at radius 2 is 1.51 bits per heavy atom. The number of alkyl halides is 2. The van der Waals surface area contributed by atoms with Crippen molar-refractivity contribution in [2.24, 2.45) is 16.2 Å². The smallest absolute Gasteiger partial charge is 0.233 e. The monoisotopic (exact) mass is 585 g/mol. The highest BCUT2D eigenvalue weighted by molar-refractivity contribution is 6.20. The van der Waals surface area contributed by atoms with Crippen molar-refractivity contribution in [3.63, 3.8) is 0 Å². The fourth-order valence-electron chi connectivity index (χ4n) is 9.51. The number of rotatable bonds is 4. The molecule has 41 heavy (non-hydrogen) atoms. The van der Waals surface area contributed by atoms with Crippen LogP contribution in [0, 0.1) is 16.2 Å². The molecule has 0 aromatic heterocycles. The largest absolute Gasteiger partial charge is 0.508 e. The summed E-state index contributed by atoms with van der Waals surface area (Å²) >= 11 is 12.9. The van der Waals surface area contributed by atoms with Crippen molar-refractivity contribution < 1.29 is 14.7 Å². The van der Waals surface area contributed by atoms with Crippen LogP contribution in [0.25, 0.3) is 16.8 Å². The van der Waals surface area contributed by atoms with Gasteiger partial charge in [0.05, 0.1) is 16.5 Å². The second-order valence-electron chi connectivity index (χ2n) is 13.1. The maximum Gasteiger partial charge on any atom is 0.233 e. The topological polar surface area (TPSA) is 86.9 Å². The number of nitrogens with zero attached hydrogens (tertiary/aromatic N) is 2. The summed E-state index contributed by atoms with van der Waals surface area (Å²) in [6, 6.07) is 11.7. The maximum absolute atomic E-state index is 14.3. The van der Waals surface area contributed by atoms with Crippen molar-refractivity contribution in [3.8, 4) is 5.75 Å². The van der Waals surface area contributed by atoms with Crippen LogP contribution < -0.4 is 15.5 Å². The van der Waals surface area contributed by atoms with Crippen LogP contribution in [0.2, 0.25) is 0 Å². The zero-order valence-corrected chi connectivity index (χ0v) is 23.9. The third-order valence-corrected chi connectivity index (χ3v) is 12.2. The summed E-state index contributed by atoms with van der Waals surface area (Å²) in [6.07, 6.45) is 6.87. The summed E-state index contributed by atoms with van der Waals surface area (Å²) in [6.45, 7) is 1.06. The van der Waals surface area contributed by atoms with E-state index >= 15 is 0 Å². The molecule has 3 aromatic carbocycles. The maximum atomic E-state index is 14.3. The zero-order chi connectivity index (χ0) is 28.1. The number of fused-ring (bicyclic) bond motifs is 6. The summed E-state index contributed by atoms with van der Waals surface area (Å²) in [7, 11) is 0. The molecule has 5 atom stereocenters. The first kappa shape index (κ1) is 24.4. The van der Waals surface area contributed by atoms with E-state index in [9.17, 15) is 14.7 Å². The van der Waals surface area contributed by atoms with E-state index in [-0.39, 0.29) is 34.8 Å². The highest BCUT2D eigenvalue weighted by Crippen LogP contribution is 3.01. The molecule has 0 saturated heterocycles. The molecule has 3 N–H and O–H groups in total. The molecule has 3 unspecified atom stereocenters.